The number of nitrogens with one attached hydrogen (secondary N) is 1. The molecule has 1 fully saturated rings. The van der Waals surface area contributed by atoms with Crippen LogP contribution in [0.3, 0.4) is 0 Å². The van der Waals surface area contributed by atoms with Crippen molar-refractivity contribution < 1.29 is 0 Å². The van der Waals surface area contributed by atoms with Gasteiger partial charge in [0.05, 0.1) is 12.2 Å². The molecule has 0 radical (unpaired) electrons. The normalized spacial score (nSPS) is 18.0. The first-order valence-electron chi connectivity index (χ1n) is 8.39. The molecule has 120 valence electrons. The number of rotatable bonds is 7. The van der Waals surface area contributed by atoms with Crippen LogP contribution in [-0.2, 0) is 13.1 Å². The highest BCUT2D eigenvalue weighted by molar-refractivity contribution is 4.91. The van der Waals surface area contributed by atoms with Gasteiger partial charge in [0.2, 0.25) is 0 Å². The average Bonchev–Trinajstić information content (AvgIpc) is 2.91. The maximum Gasteiger partial charge on any atom is 0.0964 e. The molecule has 1 N–H and O–H groups in total. The van der Waals surface area contributed by atoms with E-state index in [0.717, 1.165) is 37.2 Å². The molecule has 0 aromatic carbocycles. The summed E-state index contributed by atoms with van der Waals surface area (Å²) in [7, 11) is 0. The third kappa shape index (κ3) is 5.40. The van der Waals surface area contributed by atoms with Crippen LogP contribution in [-0.4, -0.2) is 45.6 Å². The van der Waals surface area contributed by atoms with Gasteiger partial charge in [0.15, 0.2) is 0 Å². The zero-order valence-electron chi connectivity index (χ0n) is 14.0. The minimum atomic E-state index is 0.484. The summed E-state index contributed by atoms with van der Waals surface area (Å²) in [6.07, 6.45) is 4.76. The number of hydrogen-bond acceptors (Lipinski definition) is 4. The summed E-state index contributed by atoms with van der Waals surface area (Å²) in [6, 6.07) is 0.484. The third-order valence-corrected chi connectivity index (χ3v) is 4.50. The smallest absolute Gasteiger partial charge is 0.0964 e. The molecule has 2 rings (SSSR count). The van der Waals surface area contributed by atoms with Gasteiger partial charge in [0.25, 0.3) is 0 Å². The van der Waals surface area contributed by atoms with Gasteiger partial charge in [-0.05, 0) is 37.8 Å². The summed E-state index contributed by atoms with van der Waals surface area (Å²) in [4.78, 5) is 2.56. The van der Waals surface area contributed by atoms with Crippen molar-refractivity contribution >= 4 is 0 Å². The Balaban J connectivity index is 1.69. The van der Waals surface area contributed by atoms with Crippen LogP contribution in [0.5, 0.6) is 0 Å². The number of likely N-dealkylation sites (tertiary alicyclic amines) is 1. The first-order chi connectivity index (χ1) is 10.0. The van der Waals surface area contributed by atoms with Crippen LogP contribution in [0.15, 0.2) is 6.20 Å². The third-order valence-electron chi connectivity index (χ3n) is 4.50. The zero-order chi connectivity index (χ0) is 15.2. The Hall–Kier alpha value is -0.940. The molecule has 1 aromatic heterocycles. The second kappa shape index (κ2) is 7.90. The van der Waals surface area contributed by atoms with Crippen LogP contribution in [0.1, 0.15) is 46.2 Å². The van der Waals surface area contributed by atoms with Gasteiger partial charge in [-0.2, -0.15) is 0 Å². The highest BCUT2D eigenvalue weighted by atomic mass is 15.4. The summed E-state index contributed by atoms with van der Waals surface area (Å²) in [5.74, 6) is 1.75. The quantitative estimate of drug-likeness (QED) is 0.837. The zero-order valence-corrected chi connectivity index (χ0v) is 14.0. The van der Waals surface area contributed by atoms with E-state index in [2.05, 4.69) is 54.4 Å². The molecule has 0 amide bonds. The van der Waals surface area contributed by atoms with Gasteiger partial charge in [-0.3, -0.25) is 4.68 Å². The van der Waals surface area contributed by atoms with E-state index in [0.29, 0.717) is 6.04 Å². The van der Waals surface area contributed by atoms with Crippen molar-refractivity contribution in [3.8, 4) is 0 Å². The minimum absolute atomic E-state index is 0.484. The maximum absolute atomic E-state index is 4.22. The van der Waals surface area contributed by atoms with E-state index < -0.39 is 0 Å². The van der Waals surface area contributed by atoms with E-state index in [-0.39, 0.29) is 0 Å². The molecular weight excluding hydrogens is 262 g/mol. The monoisotopic (exact) mass is 293 g/mol. The van der Waals surface area contributed by atoms with Gasteiger partial charge in [0, 0.05) is 25.3 Å². The van der Waals surface area contributed by atoms with Gasteiger partial charge < -0.3 is 10.2 Å². The van der Waals surface area contributed by atoms with Gasteiger partial charge in [0.1, 0.15) is 0 Å². The van der Waals surface area contributed by atoms with Gasteiger partial charge in [-0.1, -0.05) is 32.9 Å². The molecule has 0 unspecified atom stereocenters. The molecule has 21 heavy (non-hydrogen) atoms. The molecule has 1 aromatic rings. The Morgan fingerprint density at radius 3 is 2.52 bits per heavy atom. The summed E-state index contributed by atoms with van der Waals surface area (Å²) in [5, 5.41) is 11.8. The van der Waals surface area contributed by atoms with Crippen molar-refractivity contribution in [2.75, 3.05) is 19.6 Å². The maximum atomic E-state index is 4.22. The number of piperidine rings is 1. The number of aromatic nitrogens is 3. The van der Waals surface area contributed by atoms with E-state index in [4.69, 9.17) is 0 Å². The predicted molar refractivity (Wildman–Crippen MR) is 86.0 cm³/mol. The fourth-order valence-corrected chi connectivity index (χ4v) is 2.92. The lowest BCUT2D eigenvalue weighted by Gasteiger charge is -2.33. The fraction of sp³-hybridized carbons (Fsp3) is 0.875. The molecule has 0 saturated carbocycles. The Morgan fingerprint density at radius 2 is 1.90 bits per heavy atom. The summed E-state index contributed by atoms with van der Waals surface area (Å²) in [6.45, 7) is 14.3. The van der Waals surface area contributed by atoms with Crippen LogP contribution in [0.25, 0.3) is 0 Å². The molecule has 2 heterocycles. The number of nitrogens with zero attached hydrogens (tertiary/aromatic N) is 4. The first-order valence-corrected chi connectivity index (χ1v) is 8.39. The Kier molecular flexibility index (Phi) is 6.18. The molecule has 1 saturated heterocycles. The molecule has 0 bridgehead atoms. The standard InChI is InChI=1S/C16H31N5/c1-13(2)15-5-7-20(8-6-15)9-10-21-12-16(18-19-21)11-17-14(3)4/h12-15,17H,5-11H2,1-4H3. The molecule has 0 spiro atoms. The van der Waals surface area contributed by atoms with E-state index in [9.17, 15) is 0 Å². The lowest BCUT2D eigenvalue weighted by Crippen LogP contribution is -2.37. The van der Waals surface area contributed by atoms with Gasteiger partial charge in [-0.15, -0.1) is 5.10 Å². The van der Waals surface area contributed by atoms with Crippen LogP contribution in [0.2, 0.25) is 0 Å². The molecule has 5 nitrogen and oxygen atoms in total. The van der Waals surface area contributed by atoms with Crippen molar-refractivity contribution in [3.05, 3.63) is 11.9 Å². The van der Waals surface area contributed by atoms with E-state index >= 15 is 0 Å². The Morgan fingerprint density at radius 1 is 1.19 bits per heavy atom. The molecule has 1 aliphatic rings. The second-order valence-corrected chi connectivity index (χ2v) is 6.93. The van der Waals surface area contributed by atoms with Gasteiger partial charge >= 0.3 is 0 Å². The topological polar surface area (TPSA) is 46.0 Å². The van der Waals surface area contributed by atoms with Crippen molar-refractivity contribution in [1.82, 2.24) is 25.2 Å². The highest BCUT2D eigenvalue weighted by Gasteiger charge is 2.21. The largest absolute Gasteiger partial charge is 0.309 e. The van der Waals surface area contributed by atoms with E-state index in [1.807, 2.05) is 4.68 Å². The van der Waals surface area contributed by atoms with Crippen molar-refractivity contribution in [2.24, 2.45) is 11.8 Å². The summed E-state index contributed by atoms with van der Waals surface area (Å²) >= 11 is 0. The first kappa shape index (κ1) is 16.4. The van der Waals surface area contributed by atoms with Crippen molar-refractivity contribution in [1.29, 1.82) is 0 Å². The van der Waals surface area contributed by atoms with Crippen molar-refractivity contribution in [3.63, 3.8) is 0 Å². The second-order valence-electron chi connectivity index (χ2n) is 6.93. The van der Waals surface area contributed by atoms with Crippen LogP contribution in [0.4, 0.5) is 0 Å². The van der Waals surface area contributed by atoms with Crippen LogP contribution in [0, 0.1) is 11.8 Å². The lowest BCUT2D eigenvalue weighted by molar-refractivity contribution is 0.152. The minimum Gasteiger partial charge on any atom is -0.309 e. The molecule has 1 aliphatic heterocycles. The molecule has 0 aliphatic carbocycles. The molecular formula is C16H31N5. The SMILES string of the molecule is CC(C)NCc1cn(CCN2CCC(C(C)C)CC2)nn1. The average molecular weight is 293 g/mol. The van der Waals surface area contributed by atoms with Crippen LogP contribution >= 0.6 is 0 Å². The lowest BCUT2D eigenvalue weighted by atomic mass is 9.87. The fourth-order valence-electron chi connectivity index (χ4n) is 2.92. The highest BCUT2D eigenvalue weighted by Crippen LogP contribution is 2.24. The Labute approximate surface area is 129 Å². The Bertz CT molecular complexity index is 405. The number of hydrogen-bond donors (Lipinski definition) is 1. The van der Waals surface area contributed by atoms with Crippen molar-refractivity contribution in [2.45, 2.75) is 59.7 Å². The predicted octanol–water partition coefficient (Wildman–Crippen LogP) is 2.14. The van der Waals surface area contributed by atoms with Gasteiger partial charge in [-0.25, -0.2) is 0 Å². The van der Waals surface area contributed by atoms with E-state index in [1.54, 1.807) is 0 Å². The molecule has 0 atom stereocenters. The molecule has 5 heteroatoms. The summed E-state index contributed by atoms with van der Waals surface area (Å²) < 4.78 is 1.98. The van der Waals surface area contributed by atoms with E-state index in [1.165, 1.54) is 25.9 Å². The summed E-state index contributed by atoms with van der Waals surface area (Å²) in [5.41, 5.74) is 1.03. The van der Waals surface area contributed by atoms with Crippen LogP contribution < -0.4 is 5.32 Å².